The molecule has 3 aliphatic rings. The maximum atomic E-state index is 13.5. The third-order valence-corrected chi connectivity index (χ3v) is 8.03. The van der Waals surface area contributed by atoms with E-state index in [0.29, 0.717) is 12.0 Å². The van der Waals surface area contributed by atoms with Gasteiger partial charge >= 0.3 is 0 Å². The largest absolute Gasteiger partial charge is 0.496 e. The van der Waals surface area contributed by atoms with E-state index in [4.69, 9.17) is 4.74 Å². The van der Waals surface area contributed by atoms with Crippen LogP contribution in [-0.2, 0) is 9.53 Å². The highest BCUT2D eigenvalue weighted by Crippen LogP contribution is 2.44. The van der Waals surface area contributed by atoms with Crippen LogP contribution in [0, 0.1) is 17.8 Å². The van der Waals surface area contributed by atoms with Crippen LogP contribution in [0.5, 0.6) is 0 Å². The summed E-state index contributed by atoms with van der Waals surface area (Å²) in [6.45, 7) is 5.09. The van der Waals surface area contributed by atoms with Crippen molar-refractivity contribution in [1.29, 1.82) is 0 Å². The number of carbonyl (C=O) groups is 1. The lowest BCUT2D eigenvalue weighted by atomic mass is 9.67. The number of ether oxygens (including phenoxy) is 1. The molecule has 1 aromatic heterocycles. The van der Waals surface area contributed by atoms with E-state index >= 15 is 0 Å². The van der Waals surface area contributed by atoms with Gasteiger partial charge in [0.05, 0.1) is 34.1 Å². The number of hydrogen-bond donors (Lipinski definition) is 1. The summed E-state index contributed by atoms with van der Waals surface area (Å²) in [5, 5.41) is 11.8. The lowest BCUT2D eigenvalue weighted by Crippen LogP contribution is -2.54. The van der Waals surface area contributed by atoms with Crippen LogP contribution in [-0.4, -0.2) is 52.6 Å². The fraction of sp³-hybridized carbons (Fsp3) is 0.565. The third-order valence-electron chi connectivity index (χ3n) is 6.96. The number of nitrogens with zero attached hydrogens (tertiary/aromatic N) is 2. The molecule has 5 unspecified atom stereocenters. The number of thiazole rings is 1. The predicted molar refractivity (Wildman–Crippen MR) is 115 cm³/mol. The van der Waals surface area contributed by atoms with Crippen LogP contribution in [0.1, 0.15) is 37.6 Å². The topological polar surface area (TPSA) is 62.7 Å². The molecular weight excluding hydrogens is 384 g/mol. The molecule has 2 aromatic rings. The quantitative estimate of drug-likeness (QED) is 0.829. The first-order chi connectivity index (χ1) is 14.2. The molecule has 5 rings (SSSR count). The van der Waals surface area contributed by atoms with Gasteiger partial charge in [-0.1, -0.05) is 25.5 Å². The molecule has 1 saturated carbocycles. The Morgan fingerprint density at radius 2 is 2.07 bits per heavy atom. The zero-order valence-corrected chi connectivity index (χ0v) is 17.6. The summed E-state index contributed by atoms with van der Waals surface area (Å²) in [4.78, 5) is 20.6. The average Bonchev–Trinajstić information content (AvgIpc) is 3.39. The molecule has 2 aliphatic heterocycles. The molecule has 6 heteroatoms. The summed E-state index contributed by atoms with van der Waals surface area (Å²) in [6, 6.07) is 7.96. The van der Waals surface area contributed by atoms with Gasteiger partial charge in [-0.3, -0.25) is 4.79 Å². The number of hydrogen-bond acceptors (Lipinski definition) is 6. The first-order valence-electron chi connectivity index (χ1n) is 10.8. The molecule has 1 aliphatic carbocycles. The van der Waals surface area contributed by atoms with Crippen LogP contribution in [0.2, 0.25) is 0 Å². The monoisotopic (exact) mass is 412 g/mol. The fourth-order valence-electron chi connectivity index (χ4n) is 5.33. The van der Waals surface area contributed by atoms with Crippen molar-refractivity contribution in [2.24, 2.45) is 17.8 Å². The molecule has 1 N–H and O–H groups in total. The molecular formula is C23H28N2O3S. The lowest BCUT2D eigenvalue weighted by Gasteiger charge is -2.46. The second kappa shape index (κ2) is 7.82. The molecule has 1 aromatic carbocycles. The predicted octanol–water partition coefficient (Wildman–Crippen LogP) is 3.72. The van der Waals surface area contributed by atoms with Crippen LogP contribution in [0.3, 0.4) is 0 Å². The molecule has 2 fully saturated rings. The van der Waals surface area contributed by atoms with Crippen molar-refractivity contribution in [3.05, 3.63) is 35.5 Å². The molecule has 29 heavy (non-hydrogen) atoms. The maximum Gasteiger partial charge on any atom is 0.175 e. The van der Waals surface area contributed by atoms with Gasteiger partial charge in [0.15, 0.2) is 5.78 Å². The number of rotatable bonds is 4. The van der Waals surface area contributed by atoms with Crippen molar-refractivity contribution in [2.75, 3.05) is 19.6 Å². The van der Waals surface area contributed by atoms with E-state index < -0.39 is 6.10 Å². The second-order valence-corrected chi connectivity index (χ2v) is 9.69. The SMILES string of the molecule is CCC1CC2C(=O)C(c3nc4ccccc4s3)=COC2C(CN2CCCC2)C1O. The van der Waals surface area contributed by atoms with Gasteiger partial charge in [-0.15, -0.1) is 11.3 Å². The van der Waals surface area contributed by atoms with Crippen LogP contribution < -0.4 is 0 Å². The summed E-state index contributed by atoms with van der Waals surface area (Å²) in [7, 11) is 0. The molecule has 3 heterocycles. The first kappa shape index (κ1) is 19.2. The standard InChI is InChI=1S/C23H28N2O3S/c1-2-14-11-15-21(27)17(23-24-18-7-3-4-8-19(18)29-23)13-28-22(15)16(20(14)26)12-25-9-5-6-10-25/h3-4,7-8,13-16,20,22,26H,2,5-6,9-12H2,1H3. The number of aromatic nitrogens is 1. The van der Waals surface area contributed by atoms with E-state index in [-0.39, 0.29) is 29.6 Å². The summed E-state index contributed by atoms with van der Waals surface area (Å²) in [6.07, 6.45) is 4.99. The Bertz CT molecular complexity index is 900. The van der Waals surface area contributed by atoms with Crippen LogP contribution in [0.25, 0.3) is 15.8 Å². The Labute approximate surface area is 175 Å². The fourth-order valence-corrected chi connectivity index (χ4v) is 6.30. The Morgan fingerprint density at radius 3 is 2.83 bits per heavy atom. The zero-order valence-electron chi connectivity index (χ0n) is 16.8. The van der Waals surface area contributed by atoms with Crippen LogP contribution in [0.15, 0.2) is 30.5 Å². The minimum Gasteiger partial charge on any atom is -0.496 e. The number of benzene rings is 1. The highest BCUT2D eigenvalue weighted by molar-refractivity contribution is 7.19. The van der Waals surface area contributed by atoms with Crippen molar-refractivity contribution in [2.45, 2.75) is 44.8 Å². The Kier molecular flexibility index (Phi) is 5.18. The molecule has 0 spiro atoms. The van der Waals surface area contributed by atoms with E-state index in [9.17, 15) is 9.90 Å². The van der Waals surface area contributed by atoms with Crippen molar-refractivity contribution < 1.29 is 14.6 Å². The minimum atomic E-state index is -0.410. The second-order valence-electron chi connectivity index (χ2n) is 8.66. The normalized spacial score (nSPS) is 32.8. The number of para-hydroxylation sites is 1. The number of Topliss-reactive ketones (excluding diaryl/α,β-unsaturated/α-hetero) is 1. The average molecular weight is 413 g/mol. The van der Waals surface area contributed by atoms with Crippen LogP contribution in [0.4, 0.5) is 0 Å². The van der Waals surface area contributed by atoms with Crippen molar-refractivity contribution >= 4 is 32.9 Å². The summed E-state index contributed by atoms with van der Waals surface area (Å²) < 4.78 is 7.28. The highest BCUT2D eigenvalue weighted by Gasteiger charge is 2.50. The number of carbonyl (C=O) groups excluding carboxylic acids is 1. The third kappa shape index (κ3) is 3.41. The number of aliphatic hydroxyl groups is 1. The van der Waals surface area contributed by atoms with Gasteiger partial charge in [0.25, 0.3) is 0 Å². The van der Waals surface area contributed by atoms with Crippen molar-refractivity contribution in [3.8, 4) is 0 Å². The summed E-state index contributed by atoms with van der Waals surface area (Å²) in [5.41, 5.74) is 1.51. The van der Waals surface area contributed by atoms with Gasteiger partial charge in [0.2, 0.25) is 0 Å². The van der Waals surface area contributed by atoms with Gasteiger partial charge in [-0.05, 0) is 50.4 Å². The van der Waals surface area contributed by atoms with Crippen LogP contribution >= 0.6 is 11.3 Å². The summed E-state index contributed by atoms with van der Waals surface area (Å²) >= 11 is 1.54. The Balaban J connectivity index is 1.45. The van der Waals surface area contributed by atoms with E-state index in [1.165, 1.54) is 12.8 Å². The minimum absolute atomic E-state index is 0.0195. The number of likely N-dealkylation sites (tertiary alicyclic amines) is 1. The van der Waals surface area contributed by atoms with Gasteiger partial charge < -0.3 is 14.7 Å². The van der Waals surface area contributed by atoms with E-state index in [0.717, 1.165) is 41.3 Å². The van der Waals surface area contributed by atoms with E-state index in [1.807, 2.05) is 24.3 Å². The van der Waals surface area contributed by atoms with Gasteiger partial charge in [-0.25, -0.2) is 4.98 Å². The van der Waals surface area contributed by atoms with Crippen molar-refractivity contribution in [3.63, 3.8) is 0 Å². The molecule has 5 atom stereocenters. The Hall–Kier alpha value is -1.76. The van der Waals surface area contributed by atoms with Gasteiger partial charge in [0, 0.05) is 12.5 Å². The molecule has 154 valence electrons. The molecule has 1 saturated heterocycles. The van der Waals surface area contributed by atoms with Crippen molar-refractivity contribution in [1.82, 2.24) is 9.88 Å². The number of aliphatic hydroxyl groups excluding tert-OH is 1. The molecule has 0 bridgehead atoms. The Morgan fingerprint density at radius 1 is 1.28 bits per heavy atom. The zero-order chi connectivity index (χ0) is 20.0. The molecule has 5 nitrogen and oxygen atoms in total. The first-order valence-corrected chi connectivity index (χ1v) is 11.6. The van der Waals surface area contributed by atoms with E-state index in [2.05, 4.69) is 16.8 Å². The smallest absolute Gasteiger partial charge is 0.175 e. The van der Waals surface area contributed by atoms with E-state index in [1.54, 1.807) is 17.6 Å². The lowest BCUT2D eigenvalue weighted by molar-refractivity contribution is -0.140. The van der Waals surface area contributed by atoms with Gasteiger partial charge in [0.1, 0.15) is 11.1 Å². The molecule has 0 amide bonds. The van der Waals surface area contributed by atoms with Gasteiger partial charge in [-0.2, -0.15) is 0 Å². The molecule has 0 radical (unpaired) electrons. The number of ketones is 1. The highest BCUT2D eigenvalue weighted by atomic mass is 32.1. The maximum absolute atomic E-state index is 13.5. The number of fused-ring (bicyclic) bond motifs is 2. The number of allylic oxidation sites excluding steroid dienone is 1. The summed E-state index contributed by atoms with van der Waals surface area (Å²) in [5.74, 6) is 0.0695.